The van der Waals surface area contributed by atoms with Crippen LogP contribution in [0, 0.1) is 0 Å². The van der Waals surface area contributed by atoms with Crippen LogP contribution < -0.4 is 11.1 Å². The summed E-state index contributed by atoms with van der Waals surface area (Å²) in [6.07, 6.45) is 13.4. The van der Waals surface area contributed by atoms with Gasteiger partial charge >= 0.3 is 5.97 Å². The molecule has 19 heteroatoms. The van der Waals surface area contributed by atoms with Gasteiger partial charge in [-0.3, -0.25) is 14.8 Å². The monoisotopic (exact) mass is 968 g/mol. The van der Waals surface area contributed by atoms with E-state index in [0.29, 0.717) is 57.0 Å². The lowest BCUT2D eigenvalue weighted by Gasteiger charge is -2.15. The predicted molar refractivity (Wildman–Crippen MR) is 243 cm³/mol. The number of pyridine rings is 2. The average molecular weight is 971 g/mol. The summed E-state index contributed by atoms with van der Waals surface area (Å²) in [6.45, 7) is 19.6. The van der Waals surface area contributed by atoms with E-state index in [9.17, 15) is 14.7 Å². The fraction of sp³-hybridized carbons (Fsp3) is 0.400. The Labute approximate surface area is 363 Å². The number of nitrogens with one attached hydrogen (secondary N) is 1. The van der Waals surface area contributed by atoms with E-state index in [1.54, 1.807) is 47.9 Å². The number of halogens is 2. The van der Waals surface area contributed by atoms with Gasteiger partial charge in [0.25, 0.3) is 5.91 Å². The molecule has 0 aliphatic rings. The third-order valence-corrected chi connectivity index (χ3v) is 12.9. The minimum atomic E-state index is -1.16. The van der Waals surface area contributed by atoms with Crippen LogP contribution in [0.1, 0.15) is 57.8 Å². The van der Waals surface area contributed by atoms with Crippen molar-refractivity contribution >= 4 is 82.2 Å². The van der Waals surface area contributed by atoms with Crippen LogP contribution in [0.15, 0.2) is 83.0 Å². The van der Waals surface area contributed by atoms with Crippen molar-refractivity contribution in [2.45, 2.75) is 90.8 Å². The molecule has 4 N–H and O–H groups in total. The third kappa shape index (κ3) is 15.1. The first-order valence-corrected chi connectivity index (χ1v) is 28.1. The van der Waals surface area contributed by atoms with Gasteiger partial charge in [0.15, 0.2) is 11.3 Å². The predicted octanol–water partition coefficient (Wildman–Crippen LogP) is 8.70. The van der Waals surface area contributed by atoms with Crippen molar-refractivity contribution in [1.29, 1.82) is 0 Å². The molecule has 0 aliphatic heterocycles. The first-order chi connectivity index (χ1) is 27.8. The summed E-state index contributed by atoms with van der Waals surface area (Å²) in [7, 11) is -2.29. The van der Waals surface area contributed by atoms with E-state index in [0.717, 1.165) is 23.2 Å². The molecule has 0 fully saturated rings. The van der Waals surface area contributed by atoms with Gasteiger partial charge in [-0.05, 0) is 81.1 Å². The Bertz CT molecular complexity index is 2280. The first-order valence-electron chi connectivity index (χ1n) is 19.1. The number of carbonyl (C=O) groups is 2. The topological polar surface area (TPSA) is 198 Å². The van der Waals surface area contributed by atoms with Gasteiger partial charge in [-0.15, -0.1) is 0 Å². The minimum absolute atomic E-state index is 0.0960. The molecule has 0 bridgehead atoms. The van der Waals surface area contributed by atoms with E-state index in [2.05, 4.69) is 106 Å². The third-order valence-electron chi connectivity index (χ3n) is 8.74. The van der Waals surface area contributed by atoms with Crippen LogP contribution in [0.25, 0.3) is 22.3 Å². The van der Waals surface area contributed by atoms with Gasteiger partial charge in [-0.2, -0.15) is 0 Å². The smallest absolute Gasteiger partial charge is 0.339 e. The summed E-state index contributed by atoms with van der Waals surface area (Å²) in [5.41, 5.74) is 10.2. The summed E-state index contributed by atoms with van der Waals surface area (Å²) in [5.74, 6) is -1.23. The molecule has 6 aromatic rings. The van der Waals surface area contributed by atoms with E-state index in [1.807, 2.05) is 42.7 Å². The Morgan fingerprint density at radius 2 is 1.22 bits per heavy atom. The molecule has 6 heterocycles. The number of carbonyl (C=O) groups excluding carboxylic acids is 1. The number of carboxylic acids is 1. The molecule has 0 radical (unpaired) electrons. The van der Waals surface area contributed by atoms with Crippen LogP contribution in [0.3, 0.4) is 0 Å². The number of carboxylic acid groups (broad SMARTS) is 1. The normalized spacial score (nSPS) is 12.6. The number of rotatable bonds is 15. The van der Waals surface area contributed by atoms with Crippen molar-refractivity contribution in [2.24, 2.45) is 5.73 Å². The van der Waals surface area contributed by atoms with Gasteiger partial charge in [0, 0.05) is 72.6 Å². The fourth-order valence-electron chi connectivity index (χ4n) is 5.30. The number of hydrogen-bond acceptors (Lipinski definition) is 11. The molecule has 15 nitrogen and oxygen atoms in total. The first kappa shape index (κ1) is 47.4. The van der Waals surface area contributed by atoms with Gasteiger partial charge in [0.1, 0.15) is 39.3 Å². The maximum Gasteiger partial charge on any atom is 0.339 e. The molecule has 0 aromatic carbocycles. The summed E-state index contributed by atoms with van der Waals surface area (Å²) < 4.78 is 16.1. The number of nitrogens with two attached hydrogens (primary N) is 1. The highest BCUT2D eigenvalue weighted by atomic mass is 79.9. The van der Waals surface area contributed by atoms with Crippen LogP contribution in [0.2, 0.25) is 51.4 Å². The molecule has 0 saturated heterocycles. The van der Waals surface area contributed by atoms with Gasteiger partial charge in [0.05, 0.1) is 24.0 Å². The summed E-state index contributed by atoms with van der Waals surface area (Å²) in [5, 5.41) is 12.2. The SMILES string of the molecule is CC(N)c1cccnc1.CC(NC(=O)c1cn(COCC[Si](C)(C)C)c2ncc(Br)nc12)c1cccnc1.C[Si](C)(C)CCOCn1cc(C(=O)O)c2nc(Br)cnc21. The van der Waals surface area contributed by atoms with Crippen molar-refractivity contribution < 1.29 is 24.2 Å². The number of aromatic nitrogens is 8. The van der Waals surface area contributed by atoms with Gasteiger partial charge in [0.2, 0.25) is 0 Å². The second-order valence-corrected chi connectivity index (χ2v) is 29.2. The maximum absolute atomic E-state index is 13.0. The summed E-state index contributed by atoms with van der Waals surface area (Å²) in [4.78, 5) is 49.6. The lowest BCUT2D eigenvalue weighted by atomic mass is 10.1. The van der Waals surface area contributed by atoms with Crippen LogP contribution in [-0.4, -0.2) is 85.4 Å². The summed E-state index contributed by atoms with van der Waals surface area (Å²) >= 11 is 6.56. The molecule has 6 aromatic heterocycles. The van der Waals surface area contributed by atoms with E-state index in [-0.39, 0.29) is 30.3 Å². The minimum Gasteiger partial charge on any atom is -0.478 e. The molecule has 6 rings (SSSR count). The summed E-state index contributed by atoms with van der Waals surface area (Å²) in [6, 6.07) is 9.71. The number of hydrogen-bond donors (Lipinski definition) is 3. The molecule has 0 spiro atoms. The van der Waals surface area contributed by atoms with Crippen molar-refractivity contribution in [1.82, 2.24) is 44.4 Å². The van der Waals surface area contributed by atoms with Gasteiger partial charge < -0.3 is 34.8 Å². The number of aromatic carboxylic acids is 1. The standard InChI is InChI=1S/C20H26BrN5O2Si.C13H18BrN3O3Si.C7H10N2/c1-14(15-6-5-7-22-10-15)24-20(27)16-12-26(13-28-8-9-29(2,3)4)19-18(16)25-17(21)11-23-19;1-21(2,3)5-4-20-8-17-7-9(13(18)19)11-12(17)15-6-10(14)16-11;1-6(8)7-3-2-4-9-5-7/h5-7,10-12,14H,8-9,13H2,1-4H3,(H,24,27);6-7H,4-5,8H2,1-3H3,(H,18,19);2-6H,8H2,1H3. The second kappa shape index (κ2) is 21.8. The molecule has 59 heavy (non-hydrogen) atoms. The number of ether oxygens (including phenoxy) is 2. The Balaban J connectivity index is 0.000000222. The zero-order valence-electron chi connectivity index (χ0n) is 34.8. The van der Waals surface area contributed by atoms with Crippen LogP contribution >= 0.6 is 31.9 Å². The van der Waals surface area contributed by atoms with Crippen molar-refractivity contribution in [2.75, 3.05) is 13.2 Å². The molecule has 2 unspecified atom stereocenters. The largest absolute Gasteiger partial charge is 0.478 e. The Morgan fingerprint density at radius 3 is 1.63 bits per heavy atom. The van der Waals surface area contributed by atoms with E-state index >= 15 is 0 Å². The molecule has 0 saturated carbocycles. The average Bonchev–Trinajstić information content (AvgIpc) is 3.73. The Hall–Kier alpha value is -4.25. The number of amides is 1. The highest BCUT2D eigenvalue weighted by Gasteiger charge is 2.21. The molecule has 316 valence electrons. The number of nitrogens with zero attached hydrogens (tertiary/aromatic N) is 8. The quantitative estimate of drug-likeness (QED) is 0.0655. The zero-order valence-corrected chi connectivity index (χ0v) is 40.0. The van der Waals surface area contributed by atoms with Gasteiger partial charge in [-0.1, -0.05) is 51.4 Å². The van der Waals surface area contributed by atoms with Crippen LogP contribution in [0.5, 0.6) is 0 Å². The van der Waals surface area contributed by atoms with Crippen LogP contribution in [0.4, 0.5) is 0 Å². The van der Waals surface area contributed by atoms with Crippen LogP contribution in [-0.2, 0) is 22.9 Å². The molecular formula is C40H54Br2N10O5Si2. The second-order valence-electron chi connectivity index (χ2n) is 16.3. The highest BCUT2D eigenvalue weighted by Crippen LogP contribution is 2.23. The van der Waals surface area contributed by atoms with Crippen molar-refractivity contribution in [3.63, 3.8) is 0 Å². The Morgan fingerprint density at radius 1 is 0.763 bits per heavy atom. The van der Waals surface area contributed by atoms with E-state index < -0.39 is 22.1 Å². The molecule has 2 atom stereocenters. The fourth-order valence-corrected chi connectivity index (χ4v) is 7.37. The maximum atomic E-state index is 13.0. The van der Waals surface area contributed by atoms with Crippen molar-refractivity contribution in [3.8, 4) is 0 Å². The lowest BCUT2D eigenvalue weighted by Crippen LogP contribution is -2.26. The van der Waals surface area contributed by atoms with E-state index in [1.165, 1.54) is 6.20 Å². The molecular weight excluding hydrogens is 916 g/mol. The lowest BCUT2D eigenvalue weighted by molar-refractivity contribution is 0.0695. The van der Waals surface area contributed by atoms with Crippen molar-refractivity contribution in [3.05, 3.63) is 105 Å². The molecule has 0 aliphatic carbocycles. The number of fused-ring (bicyclic) bond motifs is 2. The molecule has 1 amide bonds. The van der Waals surface area contributed by atoms with Gasteiger partial charge in [-0.25, -0.2) is 24.7 Å². The highest BCUT2D eigenvalue weighted by molar-refractivity contribution is 9.10. The zero-order chi connectivity index (χ0) is 43.3. The Kier molecular flexibility index (Phi) is 17.6. The van der Waals surface area contributed by atoms with E-state index in [4.69, 9.17) is 15.2 Å².